The lowest BCUT2D eigenvalue weighted by molar-refractivity contribution is 0.416. The van der Waals surface area contributed by atoms with Crippen LogP contribution in [0.1, 0.15) is 51.3 Å². The molecule has 18 heavy (non-hydrogen) atoms. The Balaban J connectivity index is 2.02. The van der Waals surface area contributed by atoms with Gasteiger partial charge in [-0.3, -0.25) is 0 Å². The Kier molecular flexibility index (Phi) is 7.22. The topological polar surface area (TPSA) is 12.0 Å². The molecule has 0 aromatic carbocycles. The van der Waals surface area contributed by atoms with Crippen molar-refractivity contribution in [2.45, 2.75) is 58.4 Å². The van der Waals surface area contributed by atoms with Gasteiger partial charge in [-0.1, -0.05) is 24.4 Å². The fourth-order valence-electron chi connectivity index (χ4n) is 1.76. The SMILES string of the molecule is CC(C)(C)NCCCCCCc1cc(Cl)c(Br)s1. The quantitative estimate of drug-likeness (QED) is 0.625. The summed E-state index contributed by atoms with van der Waals surface area (Å²) in [5, 5.41) is 4.37. The van der Waals surface area contributed by atoms with Gasteiger partial charge in [0.25, 0.3) is 0 Å². The van der Waals surface area contributed by atoms with Gasteiger partial charge in [0.1, 0.15) is 0 Å². The van der Waals surface area contributed by atoms with Gasteiger partial charge in [-0.2, -0.15) is 0 Å². The van der Waals surface area contributed by atoms with Crippen LogP contribution in [-0.4, -0.2) is 12.1 Å². The van der Waals surface area contributed by atoms with Crippen LogP contribution in [-0.2, 0) is 6.42 Å². The number of aryl methyl sites for hydroxylation is 1. The molecule has 0 fully saturated rings. The molecule has 104 valence electrons. The average Bonchev–Trinajstić information content (AvgIpc) is 2.55. The van der Waals surface area contributed by atoms with E-state index in [1.807, 2.05) is 0 Å². The van der Waals surface area contributed by atoms with E-state index in [1.54, 1.807) is 11.3 Å². The molecule has 0 aliphatic carbocycles. The van der Waals surface area contributed by atoms with Crippen molar-refractivity contribution in [3.63, 3.8) is 0 Å². The molecule has 1 heterocycles. The Bertz CT molecular complexity index is 338. The minimum atomic E-state index is 0.250. The van der Waals surface area contributed by atoms with E-state index in [0.717, 1.165) is 21.8 Å². The molecule has 1 N–H and O–H groups in total. The highest BCUT2D eigenvalue weighted by molar-refractivity contribution is 9.11. The largest absolute Gasteiger partial charge is 0.312 e. The van der Waals surface area contributed by atoms with Crippen LogP contribution in [0.5, 0.6) is 0 Å². The Labute approximate surface area is 128 Å². The molecule has 0 saturated carbocycles. The highest BCUT2D eigenvalue weighted by atomic mass is 79.9. The van der Waals surface area contributed by atoms with Gasteiger partial charge in [-0.25, -0.2) is 0 Å². The van der Waals surface area contributed by atoms with Crippen LogP contribution in [0.4, 0.5) is 0 Å². The molecule has 0 bridgehead atoms. The predicted octanol–water partition coefficient (Wildman–Crippen LogP) is 5.66. The van der Waals surface area contributed by atoms with Crippen molar-refractivity contribution in [3.05, 3.63) is 19.8 Å². The lowest BCUT2D eigenvalue weighted by Gasteiger charge is -2.20. The number of hydrogen-bond acceptors (Lipinski definition) is 2. The molecule has 0 aliphatic rings. The van der Waals surface area contributed by atoms with Crippen LogP contribution in [0.3, 0.4) is 0 Å². The van der Waals surface area contributed by atoms with Gasteiger partial charge in [-0.15, -0.1) is 11.3 Å². The Morgan fingerprint density at radius 2 is 1.89 bits per heavy atom. The van der Waals surface area contributed by atoms with Gasteiger partial charge in [0.05, 0.1) is 8.81 Å². The summed E-state index contributed by atoms with van der Waals surface area (Å²) in [6.45, 7) is 7.77. The van der Waals surface area contributed by atoms with Crippen molar-refractivity contribution in [2.24, 2.45) is 0 Å². The highest BCUT2D eigenvalue weighted by Crippen LogP contribution is 2.32. The van der Waals surface area contributed by atoms with Gasteiger partial charge in [0, 0.05) is 10.4 Å². The maximum absolute atomic E-state index is 6.01. The summed E-state index contributed by atoms with van der Waals surface area (Å²) in [4.78, 5) is 1.39. The van der Waals surface area contributed by atoms with E-state index in [1.165, 1.54) is 30.6 Å². The molecule has 1 aromatic rings. The zero-order chi connectivity index (χ0) is 13.6. The van der Waals surface area contributed by atoms with Crippen molar-refractivity contribution < 1.29 is 0 Å². The average molecular weight is 353 g/mol. The number of unbranched alkanes of at least 4 members (excludes halogenated alkanes) is 3. The third-order valence-electron chi connectivity index (χ3n) is 2.70. The third kappa shape index (κ3) is 7.13. The molecule has 0 saturated heterocycles. The maximum atomic E-state index is 6.01. The molecule has 4 heteroatoms. The fraction of sp³-hybridized carbons (Fsp3) is 0.714. The van der Waals surface area contributed by atoms with E-state index < -0.39 is 0 Å². The van der Waals surface area contributed by atoms with Crippen LogP contribution in [0.2, 0.25) is 5.02 Å². The molecule has 0 atom stereocenters. The van der Waals surface area contributed by atoms with Gasteiger partial charge in [-0.05, 0) is 68.6 Å². The first-order valence-electron chi connectivity index (χ1n) is 6.57. The first-order valence-corrected chi connectivity index (χ1v) is 8.56. The zero-order valence-corrected chi connectivity index (χ0v) is 14.6. The lowest BCUT2D eigenvalue weighted by Crippen LogP contribution is -2.36. The second kappa shape index (κ2) is 7.88. The number of rotatable bonds is 7. The molecular formula is C14H23BrClNS. The van der Waals surface area contributed by atoms with E-state index in [0.29, 0.717) is 0 Å². The van der Waals surface area contributed by atoms with Crippen LogP contribution in [0, 0.1) is 0 Å². The summed E-state index contributed by atoms with van der Waals surface area (Å²) in [5.74, 6) is 0. The summed E-state index contributed by atoms with van der Waals surface area (Å²) in [5.41, 5.74) is 0.250. The predicted molar refractivity (Wildman–Crippen MR) is 87.0 cm³/mol. The van der Waals surface area contributed by atoms with E-state index in [4.69, 9.17) is 11.6 Å². The van der Waals surface area contributed by atoms with Crippen molar-refractivity contribution in [1.82, 2.24) is 5.32 Å². The minimum Gasteiger partial charge on any atom is -0.312 e. The molecular weight excluding hydrogens is 330 g/mol. The van der Waals surface area contributed by atoms with Crippen LogP contribution < -0.4 is 5.32 Å². The smallest absolute Gasteiger partial charge is 0.0887 e. The van der Waals surface area contributed by atoms with E-state index >= 15 is 0 Å². The molecule has 1 aromatic heterocycles. The molecule has 0 amide bonds. The van der Waals surface area contributed by atoms with Gasteiger partial charge >= 0.3 is 0 Å². The molecule has 0 aliphatic heterocycles. The van der Waals surface area contributed by atoms with E-state index in [2.05, 4.69) is 48.1 Å². The fourth-order valence-corrected chi connectivity index (χ4v) is 3.62. The van der Waals surface area contributed by atoms with E-state index in [-0.39, 0.29) is 5.54 Å². The van der Waals surface area contributed by atoms with Gasteiger partial charge in [0.2, 0.25) is 0 Å². The molecule has 0 unspecified atom stereocenters. The van der Waals surface area contributed by atoms with Gasteiger partial charge < -0.3 is 5.32 Å². The lowest BCUT2D eigenvalue weighted by atomic mass is 10.1. The van der Waals surface area contributed by atoms with Crippen molar-refractivity contribution in [1.29, 1.82) is 0 Å². The second-order valence-electron chi connectivity index (χ2n) is 5.68. The summed E-state index contributed by atoms with van der Waals surface area (Å²) in [7, 11) is 0. The second-order valence-corrected chi connectivity index (χ2v) is 8.54. The molecule has 0 radical (unpaired) electrons. The number of nitrogens with one attached hydrogen (secondary N) is 1. The van der Waals surface area contributed by atoms with Crippen molar-refractivity contribution >= 4 is 38.9 Å². The third-order valence-corrected chi connectivity index (χ3v) is 5.24. The first kappa shape index (κ1) is 16.5. The Morgan fingerprint density at radius 3 is 2.44 bits per heavy atom. The van der Waals surface area contributed by atoms with Crippen LogP contribution in [0.15, 0.2) is 9.85 Å². The monoisotopic (exact) mass is 351 g/mol. The summed E-state index contributed by atoms with van der Waals surface area (Å²) < 4.78 is 1.06. The standard InChI is InChI=1S/C14H23BrClNS/c1-14(2,3)17-9-7-5-4-6-8-11-10-12(16)13(15)18-11/h10,17H,4-9H2,1-3H3. The molecule has 1 rings (SSSR count). The van der Waals surface area contributed by atoms with Crippen molar-refractivity contribution in [3.8, 4) is 0 Å². The minimum absolute atomic E-state index is 0.250. The Hall–Kier alpha value is 0.430. The number of thiophene rings is 1. The molecule has 0 spiro atoms. The number of halogens is 2. The molecule has 1 nitrogen and oxygen atoms in total. The van der Waals surface area contributed by atoms with Crippen LogP contribution in [0.25, 0.3) is 0 Å². The normalized spacial score (nSPS) is 12.1. The van der Waals surface area contributed by atoms with Gasteiger partial charge in [0.15, 0.2) is 0 Å². The zero-order valence-electron chi connectivity index (χ0n) is 11.5. The highest BCUT2D eigenvalue weighted by Gasteiger charge is 2.07. The Morgan fingerprint density at radius 1 is 1.22 bits per heavy atom. The van der Waals surface area contributed by atoms with E-state index in [9.17, 15) is 0 Å². The van der Waals surface area contributed by atoms with Crippen LogP contribution >= 0.6 is 38.9 Å². The first-order chi connectivity index (χ1) is 8.38. The number of hydrogen-bond donors (Lipinski definition) is 1. The summed E-state index contributed by atoms with van der Waals surface area (Å²) in [6, 6.07) is 2.08. The maximum Gasteiger partial charge on any atom is 0.0887 e. The van der Waals surface area contributed by atoms with Crippen molar-refractivity contribution in [2.75, 3.05) is 6.54 Å². The summed E-state index contributed by atoms with van der Waals surface area (Å²) >= 11 is 11.2. The summed E-state index contributed by atoms with van der Waals surface area (Å²) in [6.07, 6.45) is 6.30.